The Bertz CT molecular complexity index is 1110. The van der Waals surface area contributed by atoms with Crippen molar-refractivity contribution in [2.24, 2.45) is 9.98 Å². The van der Waals surface area contributed by atoms with Crippen LogP contribution in [0.3, 0.4) is 0 Å². The summed E-state index contributed by atoms with van der Waals surface area (Å²) in [7, 11) is 0. The van der Waals surface area contributed by atoms with Gasteiger partial charge in [0.05, 0.1) is 70.5 Å². The number of aliphatic hydroxyl groups excluding tert-OH is 5. The zero-order chi connectivity index (χ0) is 32.2. The first kappa shape index (κ1) is 32.8. The average Bonchev–Trinajstić information content (AvgIpc) is 2.99. The number of hydrogen-bond acceptors (Lipinski definition) is 18. The number of hydrogen-bond donors (Lipinski definition) is 5. The van der Waals surface area contributed by atoms with Crippen molar-refractivity contribution in [1.82, 2.24) is 29.4 Å². The first-order valence-corrected chi connectivity index (χ1v) is 15.9. The summed E-state index contributed by atoms with van der Waals surface area (Å²) >= 11 is 0. The van der Waals surface area contributed by atoms with Crippen LogP contribution < -0.4 is 0 Å². The Morgan fingerprint density at radius 2 is 1.33 bits per heavy atom. The Morgan fingerprint density at radius 3 is 1.76 bits per heavy atom. The molecule has 0 aromatic heterocycles. The molecule has 0 amide bonds. The largest absolute Gasteiger partial charge is 0.457 e. The number of carbonyl (C=O) groups excluding carboxylic acids is 1. The van der Waals surface area contributed by atoms with E-state index >= 15 is 0 Å². The molecule has 9 fully saturated rings. The minimum atomic E-state index is -1.65. The predicted octanol–water partition coefficient (Wildman–Crippen LogP) is -5.30. The molecule has 9 heterocycles. The van der Waals surface area contributed by atoms with E-state index in [1.807, 2.05) is 0 Å². The number of esters is 1. The van der Waals surface area contributed by atoms with Crippen LogP contribution in [-0.2, 0) is 23.7 Å². The fourth-order valence-electron chi connectivity index (χ4n) is 8.37. The fraction of sp³-hybridized carbons (Fsp3) is 0.893. The highest BCUT2D eigenvalue weighted by atomic mass is 16.7. The minimum Gasteiger partial charge on any atom is -0.457 e. The third-order valence-corrected chi connectivity index (χ3v) is 9.75. The Balaban J connectivity index is 1.10. The molecule has 9 rings (SSSR count). The monoisotopic (exact) mass is 654 g/mol. The van der Waals surface area contributed by atoms with Gasteiger partial charge in [0.15, 0.2) is 18.7 Å². The molecule has 8 bridgehead atoms. The molecule has 0 aliphatic carbocycles. The summed E-state index contributed by atoms with van der Waals surface area (Å²) in [6, 6.07) is 0. The third kappa shape index (κ3) is 6.61. The zero-order valence-electron chi connectivity index (χ0n) is 26.0. The van der Waals surface area contributed by atoms with Gasteiger partial charge in [0.25, 0.3) is 0 Å². The number of aliphatic hydroxyl groups is 5. The van der Waals surface area contributed by atoms with Gasteiger partial charge in [0.2, 0.25) is 0 Å². The van der Waals surface area contributed by atoms with E-state index in [9.17, 15) is 30.3 Å². The average molecular weight is 655 g/mol. The lowest BCUT2D eigenvalue weighted by Crippen LogP contribution is -2.75. The smallest absolute Gasteiger partial charge is 0.303 e. The van der Waals surface area contributed by atoms with Gasteiger partial charge in [-0.2, -0.15) is 0 Å². The van der Waals surface area contributed by atoms with Crippen LogP contribution in [0.2, 0.25) is 0 Å². The first-order valence-electron chi connectivity index (χ1n) is 15.9. The van der Waals surface area contributed by atoms with Crippen LogP contribution in [0.4, 0.5) is 0 Å². The lowest BCUT2D eigenvalue weighted by molar-refractivity contribution is -0.315. The summed E-state index contributed by atoms with van der Waals surface area (Å²) in [6.07, 6.45) is -8.36. The molecule has 0 aromatic rings. The van der Waals surface area contributed by atoms with Gasteiger partial charge < -0.3 is 44.5 Å². The highest BCUT2D eigenvalue weighted by molar-refractivity contribution is 5.66. The van der Waals surface area contributed by atoms with Crippen LogP contribution in [0.5, 0.6) is 0 Å². The molecule has 0 spiro atoms. The lowest BCUT2D eigenvalue weighted by atomic mass is 9.91. The molecule has 258 valence electrons. The summed E-state index contributed by atoms with van der Waals surface area (Å²) in [6.45, 7) is 9.68. The van der Waals surface area contributed by atoms with E-state index in [1.165, 1.54) is 12.4 Å². The maximum Gasteiger partial charge on any atom is 0.303 e. The summed E-state index contributed by atoms with van der Waals surface area (Å²) in [4.78, 5) is 35.3. The molecule has 18 nitrogen and oxygen atoms in total. The van der Waals surface area contributed by atoms with E-state index in [0.717, 1.165) is 86.2 Å². The summed E-state index contributed by atoms with van der Waals surface area (Å²) < 4.78 is 22.9. The molecule has 9 aliphatic rings. The van der Waals surface area contributed by atoms with Crippen molar-refractivity contribution < 1.29 is 49.3 Å². The van der Waals surface area contributed by atoms with Crippen LogP contribution in [0.15, 0.2) is 9.98 Å². The van der Waals surface area contributed by atoms with Gasteiger partial charge in [-0.1, -0.05) is 0 Å². The van der Waals surface area contributed by atoms with Crippen molar-refractivity contribution in [3.05, 3.63) is 0 Å². The molecular weight excluding hydrogens is 608 g/mol. The highest BCUT2D eigenvalue weighted by Gasteiger charge is 2.51. The second-order valence-electron chi connectivity index (χ2n) is 14.0. The molecule has 46 heavy (non-hydrogen) atoms. The molecule has 8 atom stereocenters. The van der Waals surface area contributed by atoms with E-state index in [4.69, 9.17) is 28.9 Å². The molecule has 18 heteroatoms. The van der Waals surface area contributed by atoms with Crippen LogP contribution >= 0.6 is 0 Å². The Kier molecular flexibility index (Phi) is 9.22. The van der Waals surface area contributed by atoms with Gasteiger partial charge in [-0.15, -0.1) is 0 Å². The molecule has 0 saturated carbocycles. The van der Waals surface area contributed by atoms with Gasteiger partial charge in [-0.05, 0) is 0 Å². The third-order valence-electron chi connectivity index (χ3n) is 9.75. The Labute approximate surface area is 266 Å². The molecule has 9 saturated heterocycles. The van der Waals surface area contributed by atoms with E-state index in [-0.39, 0.29) is 0 Å². The van der Waals surface area contributed by atoms with Gasteiger partial charge in [0, 0.05) is 52.4 Å². The second-order valence-corrected chi connectivity index (χ2v) is 14.0. The summed E-state index contributed by atoms with van der Waals surface area (Å²) in [5.41, 5.74) is -0.860. The Morgan fingerprint density at radius 1 is 0.848 bits per heavy atom. The molecular formula is C28H46N8O10. The molecule has 0 radical (unpaired) electrons. The van der Waals surface area contributed by atoms with Gasteiger partial charge >= 0.3 is 5.97 Å². The summed E-state index contributed by atoms with van der Waals surface area (Å²) in [5.74, 6) is -0.747. The number of carbonyl (C=O) groups is 1. The van der Waals surface area contributed by atoms with Crippen molar-refractivity contribution in [3.63, 3.8) is 0 Å². The number of nitrogens with zero attached hydrogens (tertiary/aromatic N) is 8. The van der Waals surface area contributed by atoms with Crippen LogP contribution in [0.25, 0.3) is 0 Å². The van der Waals surface area contributed by atoms with Crippen molar-refractivity contribution in [3.8, 4) is 0 Å². The van der Waals surface area contributed by atoms with Crippen LogP contribution in [-0.4, -0.2) is 226 Å². The van der Waals surface area contributed by atoms with Crippen LogP contribution in [0, 0.1) is 0 Å². The molecule has 0 unspecified atom stereocenters. The predicted molar refractivity (Wildman–Crippen MR) is 158 cm³/mol. The van der Waals surface area contributed by atoms with Gasteiger partial charge in [-0.3, -0.25) is 44.2 Å². The van der Waals surface area contributed by atoms with Crippen molar-refractivity contribution in [2.45, 2.75) is 67.2 Å². The minimum absolute atomic E-state index is 0.393. The standard InChI is InChI=1S/C28H46N8O10/c1-18(39)43-25-23(41)21(5-38)46-26(24(25)42)45-19(2-29-27-6-31-12-32(7-27)14-33(8-27)13-31)20(4-37)44-22(40)3-30-28-9-34-15-35(10-28)17-36(11-28)16-34/h2-3,19-26,37-38,40-42H,4-17H2,1H3/t19-,20+,21+,22-,23+,24+,25-,26+/m1/s1. The SMILES string of the molecule is CC(=O)O[C@H]1[C@H](O)[C@@H](O[C@H](C=NC23CN4CN(CN(C4)C2)C3)[C@H](CO)O[C@@H](O)C=NC23CN4CN(CN(C4)C2)C3)O[C@@H](CO)[C@@H]1O. The Hall–Kier alpha value is -1.75. The van der Waals surface area contributed by atoms with Crippen LogP contribution in [0.1, 0.15) is 6.92 Å². The maximum absolute atomic E-state index is 11.8. The number of rotatable bonds is 12. The fourth-order valence-corrected chi connectivity index (χ4v) is 8.37. The van der Waals surface area contributed by atoms with Gasteiger partial charge in [0.1, 0.15) is 30.5 Å². The molecule has 5 N–H and O–H groups in total. The van der Waals surface area contributed by atoms with Crippen molar-refractivity contribution in [2.75, 3.05) is 92.5 Å². The first-order chi connectivity index (χ1) is 22.0. The normalized spacial score (nSPS) is 47.9. The lowest BCUT2D eigenvalue weighted by Gasteiger charge is -2.59. The van der Waals surface area contributed by atoms with E-state index < -0.39 is 79.5 Å². The molecule has 0 aromatic carbocycles. The molecule has 9 aliphatic heterocycles. The quantitative estimate of drug-likeness (QED) is 0.0759. The van der Waals surface area contributed by atoms with E-state index in [0.29, 0.717) is 0 Å². The van der Waals surface area contributed by atoms with E-state index in [2.05, 4.69) is 29.4 Å². The summed E-state index contributed by atoms with van der Waals surface area (Å²) in [5, 5.41) is 52.9. The topological polar surface area (TPSA) is 199 Å². The second kappa shape index (κ2) is 12.9. The van der Waals surface area contributed by atoms with E-state index in [1.54, 1.807) is 0 Å². The highest BCUT2D eigenvalue weighted by Crippen LogP contribution is 2.33. The van der Waals surface area contributed by atoms with Gasteiger partial charge in [-0.25, -0.2) is 0 Å². The van der Waals surface area contributed by atoms with Crippen molar-refractivity contribution >= 4 is 18.4 Å². The van der Waals surface area contributed by atoms with Crippen molar-refractivity contribution in [1.29, 1.82) is 0 Å². The number of aliphatic imine (C=N–C) groups is 2. The zero-order valence-corrected chi connectivity index (χ0v) is 26.0. The maximum atomic E-state index is 11.8. The number of ether oxygens (including phenoxy) is 4.